The second kappa shape index (κ2) is 40.4. The smallest absolute Gasteiger partial charge is 0.462 e. The van der Waals surface area contributed by atoms with Gasteiger partial charge < -0.3 is 24.6 Å². The van der Waals surface area contributed by atoms with Crippen molar-refractivity contribution in [2.75, 3.05) is 26.4 Å². The molecule has 0 heterocycles. The Hall–Kier alpha value is -1.81. The van der Waals surface area contributed by atoms with E-state index < -0.39 is 51.8 Å². The SMILES string of the molecule is CCCCC/C=C/C/C=C/CCCCCCCCCC(=O)OC[C@H](COP(=O)(O)OC[C@@H](O)CO)OC(=O)CCCCC/C=C/CCCCCCCCCC. The Labute approximate surface area is 335 Å². The molecule has 3 N–H and O–H groups in total. The number of carbonyl (C=O) groups excluding carboxylic acids is 2. The highest BCUT2D eigenvalue weighted by atomic mass is 31.2. The zero-order valence-electron chi connectivity index (χ0n) is 34.9. The predicted molar refractivity (Wildman–Crippen MR) is 224 cm³/mol. The van der Waals surface area contributed by atoms with E-state index in [9.17, 15) is 24.2 Å². The van der Waals surface area contributed by atoms with Crippen molar-refractivity contribution in [2.24, 2.45) is 0 Å². The van der Waals surface area contributed by atoms with Crippen molar-refractivity contribution in [2.45, 2.75) is 206 Å². The summed E-state index contributed by atoms with van der Waals surface area (Å²) in [5.74, 6) is -0.950. The molecule has 0 aliphatic rings. The highest BCUT2D eigenvalue weighted by molar-refractivity contribution is 7.47. The minimum atomic E-state index is -4.62. The summed E-state index contributed by atoms with van der Waals surface area (Å²) < 4.78 is 32.7. The molecule has 3 atom stereocenters. The van der Waals surface area contributed by atoms with Crippen molar-refractivity contribution in [1.82, 2.24) is 0 Å². The summed E-state index contributed by atoms with van der Waals surface area (Å²) in [6, 6.07) is 0. The first kappa shape index (κ1) is 53.2. The van der Waals surface area contributed by atoms with E-state index in [4.69, 9.17) is 19.1 Å². The molecule has 1 unspecified atom stereocenters. The molecule has 322 valence electrons. The van der Waals surface area contributed by atoms with Gasteiger partial charge in [0, 0.05) is 12.8 Å². The number of carbonyl (C=O) groups is 2. The lowest BCUT2D eigenvalue weighted by molar-refractivity contribution is -0.161. The third-order valence-corrected chi connectivity index (χ3v) is 10.2. The van der Waals surface area contributed by atoms with Crippen molar-refractivity contribution < 1.29 is 47.8 Å². The first-order valence-electron chi connectivity index (χ1n) is 21.9. The molecule has 0 aliphatic heterocycles. The third kappa shape index (κ3) is 40.2. The van der Waals surface area contributed by atoms with Gasteiger partial charge in [0.25, 0.3) is 0 Å². The van der Waals surface area contributed by atoms with Crippen LogP contribution in [0.1, 0.15) is 194 Å². The van der Waals surface area contributed by atoms with Crippen LogP contribution in [-0.4, -0.2) is 65.7 Å². The van der Waals surface area contributed by atoms with Gasteiger partial charge in [0.2, 0.25) is 0 Å². The Kier molecular flexibility index (Phi) is 39.1. The van der Waals surface area contributed by atoms with Gasteiger partial charge in [0.15, 0.2) is 6.10 Å². The van der Waals surface area contributed by atoms with Gasteiger partial charge >= 0.3 is 19.8 Å². The van der Waals surface area contributed by atoms with E-state index in [2.05, 4.69) is 54.8 Å². The number of aliphatic hydroxyl groups is 2. The van der Waals surface area contributed by atoms with Crippen LogP contribution in [0.25, 0.3) is 0 Å². The molecule has 10 nitrogen and oxygen atoms in total. The van der Waals surface area contributed by atoms with Gasteiger partial charge in [0.1, 0.15) is 12.7 Å². The zero-order valence-corrected chi connectivity index (χ0v) is 35.8. The fourth-order valence-electron chi connectivity index (χ4n) is 5.84. The van der Waals surface area contributed by atoms with E-state index in [1.807, 2.05) is 0 Å². The number of phosphoric acid groups is 1. The lowest BCUT2D eigenvalue weighted by Crippen LogP contribution is -2.29. The number of allylic oxidation sites excluding steroid dienone is 6. The molecule has 0 rings (SSSR count). The number of ether oxygens (including phenoxy) is 2. The molecular formula is C44H81O10P. The molecule has 0 amide bonds. The van der Waals surface area contributed by atoms with E-state index in [1.165, 1.54) is 96.3 Å². The van der Waals surface area contributed by atoms with Gasteiger partial charge in [-0.1, -0.05) is 147 Å². The summed E-state index contributed by atoms with van der Waals surface area (Å²) in [5.41, 5.74) is 0. The monoisotopic (exact) mass is 801 g/mol. The minimum absolute atomic E-state index is 0.163. The average Bonchev–Trinajstić information content (AvgIpc) is 3.17. The Balaban J connectivity index is 4.32. The highest BCUT2D eigenvalue weighted by Gasteiger charge is 2.27. The molecule has 0 aromatic heterocycles. The van der Waals surface area contributed by atoms with Crippen molar-refractivity contribution in [3.63, 3.8) is 0 Å². The van der Waals surface area contributed by atoms with Crippen molar-refractivity contribution in [1.29, 1.82) is 0 Å². The molecule has 0 saturated heterocycles. The largest absolute Gasteiger partial charge is 0.472 e. The lowest BCUT2D eigenvalue weighted by Gasteiger charge is -2.20. The second-order valence-electron chi connectivity index (χ2n) is 14.7. The van der Waals surface area contributed by atoms with Crippen molar-refractivity contribution >= 4 is 19.8 Å². The van der Waals surface area contributed by atoms with Crippen LogP contribution < -0.4 is 0 Å². The highest BCUT2D eigenvalue weighted by Crippen LogP contribution is 2.43. The maximum atomic E-state index is 12.6. The topological polar surface area (TPSA) is 149 Å². The number of esters is 2. The van der Waals surface area contributed by atoms with Crippen LogP contribution in [0, 0.1) is 0 Å². The Morgan fingerprint density at radius 2 is 0.945 bits per heavy atom. The maximum Gasteiger partial charge on any atom is 0.472 e. The first-order chi connectivity index (χ1) is 26.7. The Bertz CT molecular complexity index is 1010. The number of hydrogen-bond donors (Lipinski definition) is 3. The maximum absolute atomic E-state index is 12.6. The average molecular weight is 801 g/mol. The van der Waals surface area contributed by atoms with Crippen LogP contribution in [0.15, 0.2) is 36.5 Å². The molecular weight excluding hydrogens is 719 g/mol. The predicted octanol–water partition coefficient (Wildman–Crippen LogP) is 11.6. The molecule has 0 bridgehead atoms. The van der Waals surface area contributed by atoms with E-state index in [0.717, 1.165) is 57.8 Å². The van der Waals surface area contributed by atoms with Crippen LogP contribution in [0.2, 0.25) is 0 Å². The fourth-order valence-corrected chi connectivity index (χ4v) is 6.63. The lowest BCUT2D eigenvalue weighted by atomic mass is 10.1. The molecule has 0 fully saturated rings. The molecule has 0 aliphatic carbocycles. The van der Waals surface area contributed by atoms with Gasteiger partial charge in [-0.15, -0.1) is 0 Å². The summed E-state index contributed by atoms with van der Waals surface area (Å²) in [7, 11) is -4.62. The standard InChI is InChI=1S/C44H81O10P/c1-3-5-7-9-11-13-15-17-19-20-22-23-25-27-29-31-33-35-43(47)51-39-42(40-53-55(49,50)52-38-41(46)37-45)54-44(48)36-34-32-30-28-26-24-21-18-16-14-12-10-8-6-4-2/h11,13,17,19,24,26,41-42,45-46H,3-10,12,14-16,18,20-23,25,27-40H2,1-2H3,(H,49,50)/b13-11+,19-17+,26-24+/t41-,42+/m0/s1. The number of phosphoric ester groups is 1. The third-order valence-electron chi connectivity index (χ3n) is 9.27. The van der Waals surface area contributed by atoms with E-state index in [0.29, 0.717) is 12.8 Å². The molecule has 0 aromatic carbocycles. The van der Waals surface area contributed by atoms with Crippen LogP contribution >= 0.6 is 7.82 Å². The van der Waals surface area contributed by atoms with E-state index in [-0.39, 0.29) is 19.4 Å². The van der Waals surface area contributed by atoms with Gasteiger partial charge in [0.05, 0.1) is 19.8 Å². The number of unbranched alkanes of at least 4 members (excludes halogenated alkanes) is 21. The van der Waals surface area contributed by atoms with Gasteiger partial charge in [-0.25, -0.2) is 4.57 Å². The fraction of sp³-hybridized carbons (Fsp3) is 0.818. The van der Waals surface area contributed by atoms with Gasteiger partial charge in [-0.05, 0) is 70.6 Å². The van der Waals surface area contributed by atoms with Gasteiger partial charge in [-0.3, -0.25) is 18.6 Å². The van der Waals surface area contributed by atoms with Crippen LogP contribution in [0.5, 0.6) is 0 Å². The summed E-state index contributed by atoms with van der Waals surface area (Å²) in [4.78, 5) is 35.0. The van der Waals surface area contributed by atoms with Crippen molar-refractivity contribution in [3.05, 3.63) is 36.5 Å². The Morgan fingerprint density at radius 3 is 1.47 bits per heavy atom. The quantitative estimate of drug-likeness (QED) is 0.0236. The minimum Gasteiger partial charge on any atom is -0.462 e. The number of aliphatic hydroxyl groups excluding tert-OH is 2. The normalized spacial score (nSPS) is 14.2. The van der Waals surface area contributed by atoms with Gasteiger partial charge in [-0.2, -0.15) is 0 Å². The Morgan fingerprint density at radius 1 is 0.545 bits per heavy atom. The summed E-state index contributed by atoms with van der Waals surface area (Å²) >= 11 is 0. The summed E-state index contributed by atoms with van der Waals surface area (Å²) in [6.07, 6.45) is 41.1. The number of rotatable bonds is 41. The van der Waals surface area contributed by atoms with Crippen LogP contribution in [0.3, 0.4) is 0 Å². The summed E-state index contributed by atoms with van der Waals surface area (Å²) in [6.45, 7) is 2.33. The molecule has 0 spiro atoms. The molecule has 11 heteroatoms. The zero-order chi connectivity index (χ0) is 40.5. The molecule has 0 saturated carbocycles. The number of hydrogen-bond acceptors (Lipinski definition) is 9. The second-order valence-corrected chi connectivity index (χ2v) is 16.2. The van der Waals surface area contributed by atoms with Crippen molar-refractivity contribution in [3.8, 4) is 0 Å². The molecule has 0 radical (unpaired) electrons. The van der Waals surface area contributed by atoms with Crippen LogP contribution in [-0.2, 0) is 32.7 Å². The van der Waals surface area contributed by atoms with E-state index >= 15 is 0 Å². The summed E-state index contributed by atoms with van der Waals surface area (Å²) in [5, 5.41) is 18.3. The first-order valence-corrected chi connectivity index (χ1v) is 23.4. The van der Waals surface area contributed by atoms with E-state index in [1.54, 1.807) is 0 Å². The molecule has 55 heavy (non-hydrogen) atoms. The van der Waals surface area contributed by atoms with Crippen LogP contribution in [0.4, 0.5) is 0 Å². The molecule has 0 aromatic rings.